The molecule has 0 atom stereocenters. The van der Waals surface area contributed by atoms with E-state index in [-0.39, 0.29) is 6.61 Å². The standard InChI is InChI=1S/C8H10NO/c10-6-4-8-3-1-2-5-9-7-8/h1-3,5,7,9H,4,6H2. The minimum Gasteiger partial charge on any atom is -0.367 e. The van der Waals surface area contributed by atoms with Gasteiger partial charge in [0.05, 0.1) is 6.61 Å². The summed E-state index contributed by atoms with van der Waals surface area (Å²) in [5.74, 6) is 0. The van der Waals surface area contributed by atoms with E-state index in [1.807, 2.05) is 30.6 Å². The quantitative estimate of drug-likeness (QED) is 0.610. The van der Waals surface area contributed by atoms with Crippen molar-refractivity contribution >= 4 is 0 Å². The number of hydrogen-bond acceptors (Lipinski definition) is 1. The van der Waals surface area contributed by atoms with Gasteiger partial charge in [0.1, 0.15) is 0 Å². The second kappa shape index (κ2) is 3.90. The average Bonchev–Trinajstić information content (AvgIpc) is 2.17. The van der Waals surface area contributed by atoms with Crippen molar-refractivity contribution < 1.29 is 5.11 Å². The summed E-state index contributed by atoms with van der Waals surface area (Å²) in [6, 6.07) is 0. The van der Waals surface area contributed by atoms with Gasteiger partial charge < -0.3 is 5.32 Å². The Bertz CT molecular complexity index is 180. The minimum absolute atomic E-state index is 0.0438. The molecule has 0 aromatic carbocycles. The van der Waals surface area contributed by atoms with Gasteiger partial charge in [-0.1, -0.05) is 12.2 Å². The topological polar surface area (TPSA) is 31.9 Å². The van der Waals surface area contributed by atoms with E-state index in [2.05, 4.69) is 5.32 Å². The van der Waals surface area contributed by atoms with Gasteiger partial charge in [-0.15, -0.1) is 0 Å². The molecule has 10 heavy (non-hydrogen) atoms. The summed E-state index contributed by atoms with van der Waals surface area (Å²) in [5, 5.41) is 13.1. The number of allylic oxidation sites excluding steroid dienone is 3. The molecule has 1 radical (unpaired) electrons. The fraction of sp³-hybridized carbons (Fsp3) is 0.250. The predicted molar refractivity (Wildman–Crippen MR) is 39.7 cm³/mol. The van der Waals surface area contributed by atoms with Crippen LogP contribution in [0.3, 0.4) is 0 Å². The molecule has 53 valence electrons. The lowest BCUT2D eigenvalue weighted by Crippen LogP contribution is -1.93. The molecule has 1 N–H and O–H groups in total. The van der Waals surface area contributed by atoms with Gasteiger partial charge in [-0.25, -0.2) is 5.11 Å². The van der Waals surface area contributed by atoms with Crippen molar-refractivity contribution in [2.24, 2.45) is 0 Å². The molecule has 0 saturated carbocycles. The van der Waals surface area contributed by atoms with Gasteiger partial charge in [-0.3, -0.25) is 0 Å². The maximum atomic E-state index is 10.2. The first-order valence-corrected chi connectivity index (χ1v) is 3.30. The van der Waals surface area contributed by atoms with Gasteiger partial charge in [-0.2, -0.15) is 0 Å². The van der Waals surface area contributed by atoms with E-state index < -0.39 is 0 Å². The third-order valence-corrected chi connectivity index (χ3v) is 1.27. The lowest BCUT2D eigenvalue weighted by Gasteiger charge is -1.94. The highest BCUT2D eigenvalue weighted by Crippen LogP contribution is 2.03. The van der Waals surface area contributed by atoms with Gasteiger partial charge in [-0.05, 0) is 11.6 Å². The second-order valence-corrected chi connectivity index (χ2v) is 2.06. The molecule has 0 bridgehead atoms. The molecule has 0 saturated heterocycles. The summed E-state index contributed by atoms with van der Waals surface area (Å²) < 4.78 is 0. The van der Waals surface area contributed by atoms with Crippen LogP contribution in [0.1, 0.15) is 6.42 Å². The molecular formula is C8H10NO. The van der Waals surface area contributed by atoms with E-state index in [4.69, 9.17) is 0 Å². The molecule has 0 aromatic heterocycles. The summed E-state index contributed by atoms with van der Waals surface area (Å²) in [6.07, 6.45) is 10.0. The molecule has 0 spiro atoms. The van der Waals surface area contributed by atoms with Crippen LogP contribution in [0.25, 0.3) is 0 Å². The number of hydrogen-bond donors (Lipinski definition) is 1. The molecule has 1 aliphatic rings. The zero-order valence-corrected chi connectivity index (χ0v) is 5.71. The SMILES string of the molecule is [O]CCC1=CNC=CC=C1. The van der Waals surface area contributed by atoms with Crippen molar-refractivity contribution in [2.45, 2.75) is 6.42 Å². The highest BCUT2D eigenvalue weighted by molar-refractivity contribution is 5.24. The molecule has 1 aliphatic heterocycles. The second-order valence-electron chi connectivity index (χ2n) is 2.06. The molecule has 0 unspecified atom stereocenters. The van der Waals surface area contributed by atoms with Crippen LogP contribution in [-0.2, 0) is 5.11 Å². The van der Waals surface area contributed by atoms with Gasteiger partial charge in [0.25, 0.3) is 0 Å². The normalized spacial score (nSPS) is 15.9. The van der Waals surface area contributed by atoms with Crippen LogP contribution in [0.4, 0.5) is 0 Å². The predicted octanol–water partition coefficient (Wildman–Crippen LogP) is 1.36. The number of nitrogens with one attached hydrogen (secondary N) is 1. The summed E-state index contributed by atoms with van der Waals surface area (Å²) in [6.45, 7) is -0.0438. The first kappa shape index (κ1) is 7.09. The van der Waals surface area contributed by atoms with E-state index in [9.17, 15) is 5.11 Å². The Morgan fingerprint density at radius 1 is 1.40 bits per heavy atom. The third-order valence-electron chi connectivity index (χ3n) is 1.27. The van der Waals surface area contributed by atoms with Crippen LogP contribution in [0.5, 0.6) is 0 Å². The first-order valence-electron chi connectivity index (χ1n) is 3.30. The Morgan fingerprint density at radius 3 is 3.10 bits per heavy atom. The average molecular weight is 136 g/mol. The zero-order chi connectivity index (χ0) is 7.23. The lowest BCUT2D eigenvalue weighted by atomic mass is 10.2. The van der Waals surface area contributed by atoms with Crippen LogP contribution in [0.15, 0.2) is 36.2 Å². The Hall–Kier alpha value is -1.02. The maximum absolute atomic E-state index is 10.2. The highest BCUT2D eigenvalue weighted by Gasteiger charge is 1.91. The maximum Gasteiger partial charge on any atom is 0.0863 e. The van der Waals surface area contributed by atoms with E-state index >= 15 is 0 Å². The number of rotatable bonds is 2. The van der Waals surface area contributed by atoms with Crippen LogP contribution in [-0.4, -0.2) is 6.61 Å². The van der Waals surface area contributed by atoms with Crippen LogP contribution >= 0.6 is 0 Å². The molecule has 1 heterocycles. The molecule has 0 fully saturated rings. The van der Waals surface area contributed by atoms with Gasteiger partial charge >= 0.3 is 0 Å². The van der Waals surface area contributed by atoms with Crippen molar-refractivity contribution in [3.63, 3.8) is 0 Å². The minimum atomic E-state index is -0.0438. The van der Waals surface area contributed by atoms with Gasteiger partial charge in [0, 0.05) is 18.8 Å². The lowest BCUT2D eigenvalue weighted by molar-refractivity contribution is 0.197. The largest absolute Gasteiger partial charge is 0.367 e. The highest BCUT2D eigenvalue weighted by atomic mass is 16.2. The van der Waals surface area contributed by atoms with Gasteiger partial charge in [0.15, 0.2) is 0 Å². The third kappa shape index (κ3) is 2.07. The van der Waals surface area contributed by atoms with E-state index in [0.717, 1.165) is 5.57 Å². The van der Waals surface area contributed by atoms with Crippen LogP contribution in [0, 0.1) is 0 Å². The Kier molecular flexibility index (Phi) is 2.77. The van der Waals surface area contributed by atoms with Crippen molar-refractivity contribution in [2.75, 3.05) is 6.61 Å². The Balaban J connectivity index is 2.51. The summed E-state index contributed by atoms with van der Waals surface area (Å²) in [5.41, 5.74) is 1.06. The van der Waals surface area contributed by atoms with E-state index in [0.29, 0.717) is 6.42 Å². The molecule has 1 rings (SSSR count). The molecule has 0 aliphatic carbocycles. The first-order chi connectivity index (χ1) is 4.93. The Morgan fingerprint density at radius 2 is 2.30 bits per heavy atom. The van der Waals surface area contributed by atoms with Crippen LogP contribution in [0.2, 0.25) is 0 Å². The van der Waals surface area contributed by atoms with Gasteiger partial charge in [0.2, 0.25) is 0 Å². The van der Waals surface area contributed by atoms with Crippen molar-refractivity contribution in [1.82, 2.24) is 5.32 Å². The molecule has 0 amide bonds. The smallest absolute Gasteiger partial charge is 0.0863 e. The summed E-state index contributed by atoms with van der Waals surface area (Å²) in [7, 11) is 0. The monoisotopic (exact) mass is 136 g/mol. The van der Waals surface area contributed by atoms with Crippen molar-refractivity contribution in [1.29, 1.82) is 0 Å². The Labute approximate surface area is 60.6 Å². The fourth-order valence-corrected chi connectivity index (χ4v) is 0.767. The molecule has 0 aromatic rings. The van der Waals surface area contributed by atoms with E-state index in [1.165, 1.54) is 0 Å². The van der Waals surface area contributed by atoms with E-state index in [1.54, 1.807) is 0 Å². The zero-order valence-electron chi connectivity index (χ0n) is 5.71. The summed E-state index contributed by atoms with van der Waals surface area (Å²) in [4.78, 5) is 0. The molecule has 2 nitrogen and oxygen atoms in total. The summed E-state index contributed by atoms with van der Waals surface area (Å²) >= 11 is 0. The van der Waals surface area contributed by atoms with Crippen molar-refractivity contribution in [3.05, 3.63) is 36.2 Å². The van der Waals surface area contributed by atoms with Crippen molar-refractivity contribution in [3.8, 4) is 0 Å². The van der Waals surface area contributed by atoms with Crippen LogP contribution < -0.4 is 5.32 Å². The molecule has 2 heteroatoms. The fourth-order valence-electron chi connectivity index (χ4n) is 0.767. The molecular weight excluding hydrogens is 126 g/mol.